The van der Waals surface area contributed by atoms with Crippen molar-refractivity contribution < 1.29 is 25.0 Å². The van der Waals surface area contributed by atoms with Crippen molar-refractivity contribution >= 4 is 44.9 Å². The zero-order valence-electron chi connectivity index (χ0n) is 7.26. The molecule has 0 radical (unpaired) electrons. The zero-order valence-corrected chi connectivity index (χ0v) is 10.5. The fraction of sp³-hybridized carbons (Fsp3) is 0. The van der Waals surface area contributed by atoms with Crippen molar-refractivity contribution in [1.29, 1.82) is 0 Å². The van der Waals surface area contributed by atoms with Gasteiger partial charge in [-0.3, -0.25) is 0 Å². The maximum absolute atomic E-state index is 11.1. The third-order valence-electron chi connectivity index (χ3n) is 0.937. The number of nitrogens with zero attached hydrogens (tertiary/aromatic N) is 2. The van der Waals surface area contributed by atoms with Crippen LogP contribution in [0.1, 0.15) is 0 Å². The number of hydrogen-bond donors (Lipinski definition) is 0. The van der Waals surface area contributed by atoms with Crippen LogP contribution in [-0.4, -0.2) is 27.4 Å². The van der Waals surface area contributed by atoms with Gasteiger partial charge in [-0.05, 0) is 11.3 Å². The van der Waals surface area contributed by atoms with Gasteiger partial charge in [0.1, 0.15) is 11.4 Å². The van der Waals surface area contributed by atoms with Crippen molar-refractivity contribution in [2.45, 2.75) is 4.34 Å². The molecule has 0 fully saturated rings. The van der Waals surface area contributed by atoms with E-state index in [0.717, 1.165) is 5.41 Å². The summed E-state index contributed by atoms with van der Waals surface area (Å²) >= 11 is -6.34. The summed E-state index contributed by atoms with van der Waals surface area (Å²) in [6.07, 6.45) is 0. The molecular weight excluding hydrogens is 300 g/mol. The van der Waals surface area contributed by atoms with Crippen LogP contribution in [0.5, 0.6) is 5.19 Å². The summed E-state index contributed by atoms with van der Waals surface area (Å²) in [5.74, 6) is 0. The highest BCUT2D eigenvalue weighted by atomic mass is 32.3. The molecule has 0 saturated heterocycles. The fourth-order valence-corrected chi connectivity index (χ4v) is 2.85. The summed E-state index contributed by atoms with van der Waals surface area (Å²) in [6, 6.07) is 0. The summed E-state index contributed by atoms with van der Waals surface area (Å²) in [6.45, 7) is 3.20. The van der Waals surface area contributed by atoms with Gasteiger partial charge >= 0.3 is 5.19 Å². The van der Waals surface area contributed by atoms with Crippen LogP contribution < -0.4 is 4.18 Å². The smallest absolute Gasteiger partial charge is 0.310 e. The van der Waals surface area contributed by atoms with E-state index in [1.807, 2.05) is 0 Å². The second-order valence-electron chi connectivity index (χ2n) is 1.85. The van der Waals surface area contributed by atoms with Gasteiger partial charge < -0.3 is 8.74 Å². The SMILES string of the molecule is C=CS(=O)Oc1nnc(S(=O)OS(=O)[O-])s1. The summed E-state index contributed by atoms with van der Waals surface area (Å²) in [5.41, 5.74) is 0. The minimum atomic E-state index is -2.93. The van der Waals surface area contributed by atoms with E-state index >= 15 is 0 Å². The topological polar surface area (TPSA) is 119 Å². The Morgan fingerprint density at radius 3 is 2.62 bits per heavy atom. The van der Waals surface area contributed by atoms with Gasteiger partial charge in [0, 0.05) is 5.41 Å². The molecular formula is C4H3N2O6S4-. The molecule has 0 spiro atoms. The molecule has 0 aliphatic rings. The minimum absolute atomic E-state index is 0.137. The predicted octanol–water partition coefficient (Wildman–Crippen LogP) is -0.443. The molecule has 3 unspecified atom stereocenters. The van der Waals surface area contributed by atoms with Crippen molar-refractivity contribution in [2.75, 3.05) is 0 Å². The van der Waals surface area contributed by atoms with E-state index in [0.29, 0.717) is 11.3 Å². The third kappa shape index (κ3) is 4.15. The Bertz CT molecular complexity index is 457. The highest BCUT2D eigenvalue weighted by molar-refractivity contribution is 7.92. The molecule has 12 heteroatoms. The summed E-state index contributed by atoms with van der Waals surface area (Å²) in [5, 5.41) is 7.57. The van der Waals surface area contributed by atoms with E-state index in [-0.39, 0.29) is 9.53 Å². The van der Waals surface area contributed by atoms with Crippen LogP contribution in [0.15, 0.2) is 16.3 Å². The lowest BCUT2D eigenvalue weighted by molar-refractivity contribution is 0.451. The van der Waals surface area contributed by atoms with Crippen LogP contribution in [0.3, 0.4) is 0 Å². The quantitative estimate of drug-likeness (QED) is 0.649. The van der Waals surface area contributed by atoms with E-state index in [4.69, 9.17) is 0 Å². The molecule has 1 rings (SSSR count). The average Bonchev–Trinajstić information content (AvgIpc) is 2.65. The molecule has 90 valence electrons. The maximum atomic E-state index is 11.1. The Kier molecular flexibility index (Phi) is 5.30. The van der Waals surface area contributed by atoms with Crippen LogP contribution >= 0.6 is 11.3 Å². The molecule has 1 aromatic rings. The van der Waals surface area contributed by atoms with E-state index in [2.05, 4.69) is 24.6 Å². The Morgan fingerprint density at radius 1 is 1.38 bits per heavy atom. The van der Waals surface area contributed by atoms with E-state index in [1.165, 1.54) is 0 Å². The lowest BCUT2D eigenvalue weighted by Gasteiger charge is -1.99. The van der Waals surface area contributed by atoms with Crippen LogP contribution in [0.4, 0.5) is 0 Å². The van der Waals surface area contributed by atoms with Crippen molar-refractivity contribution in [2.24, 2.45) is 0 Å². The molecule has 0 aromatic carbocycles. The van der Waals surface area contributed by atoms with Gasteiger partial charge in [0.15, 0.2) is 0 Å². The van der Waals surface area contributed by atoms with E-state index < -0.39 is 33.5 Å². The average molecular weight is 303 g/mol. The third-order valence-corrected chi connectivity index (χ3v) is 4.20. The highest BCUT2D eigenvalue weighted by Gasteiger charge is 2.14. The Morgan fingerprint density at radius 2 is 2.06 bits per heavy atom. The van der Waals surface area contributed by atoms with E-state index in [9.17, 15) is 17.2 Å². The molecule has 8 nitrogen and oxygen atoms in total. The first-order valence-electron chi connectivity index (χ1n) is 3.27. The van der Waals surface area contributed by atoms with Gasteiger partial charge in [-0.2, -0.15) is 3.63 Å². The summed E-state index contributed by atoms with van der Waals surface area (Å²) < 4.78 is 50.4. The number of aromatic nitrogens is 2. The van der Waals surface area contributed by atoms with Crippen molar-refractivity contribution in [3.8, 4) is 5.19 Å². The highest BCUT2D eigenvalue weighted by Crippen LogP contribution is 2.22. The molecule has 0 amide bonds. The van der Waals surface area contributed by atoms with Crippen LogP contribution in [-0.2, 0) is 37.2 Å². The maximum Gasteiger partial charge on any atom is 0.310 e. The van der Waals surface area contributed by atoms with E-state index in [1.54, 1.807) is 0 Å². The second kappa shape index (κ2) is 6.27. The standard InChI is InChI=1S/C4H4N2O6S4/c1-2-14(7)11-3-5-6-4(13-3)15(8)12-16(9)10/h2H,1H2,(H,9,10)/p-1. The van der Waals surface area contributed by atoms with Crippen LogP contribution in [0, 0.1) is 0 Å². The number of hydrogen-bond acceptors (Lipinski definition) is 9. The molecule has 0 saturated carbocycles. The largest absolute Gasteiger partial charge is 0.749 e. The van der Waals surface area contributed by atoms with Gasteiger partial charge in [-0.15, -0.1) is 5.10 Å². The van der Waals surface area contributed by atoms with Gasteiger partial charge in [0.25, 0.3) is 0 Å². The monoisotopic (exact) mass is 303 g/mol. The molecule has 0 aliphatic carbocycles. The molecule has 3 atom stereocenters. The van der Waals surface area contributed by atoms with Crippen LogP contribution in [0.25, 0.3) is 0 Å². The van der Waals surface area contributed by atoms with Gasteiger partial charge in [-0.1, -0.05) is 11.7 Å². The molecule has 0 N–H and O–H groups in total. The van der Waals surface area contributed by atoms with Gasteiger partial charge in [0.2, 0.25) is 26.5 Å². The van der Waals surface area contributed by atoms with Crippen molar-refractivity contribution in [3.63, 3.8) is 0 Å². The summed E-state index contributed by atoms with van der Waals surface area (Å²) in [4.78, 5) is 0. The molecule has 0 bridgehead atoms. The predicted molar refractivity (Wildman–Crippen MR) is 55.3 cm³/mol. The molecule has 1 aromatic heterocycles. The van der Waals surface area contributed by atoms with Crippen LogP contribution in [0.2, 0.25) is 0 Å². The molecule has 16 heavy (non-hydrogen) atoms. The van der Waals surface area contributed by atoms with Gasteiger partial charge in [0.05, 0.1) is 0 Å². The lowest BCUT2D eigenvalue weighted by Crippen LogP contribution is -2.00. The van der Waals surface area contributed by atoms with Crippen molar-refractivity contribution in [3.05, 3.63) is 12.0 Å². The Balaban J connectivity index is 2.71. The first-order chi connectivity index (χ1) is 7.52. The van der Waals surface area contributed by atoms with Crippen molar-refractivity contribution in [1.82, 2.24) is 10.2 Å². The lowest BCUT2D eigenvalue weighted by atomic mass is 11.3. The normalized spacial score (nSPS) is 16.3. The zero-order chi connectivity index (χ0) is 12.1. The van der Waals surface area contributed by atoms with Gasteiger partial charge in [-0.25, -0.2) is 12.6 Å². The molecule has 0 aliphatic heterocycles. The minimum Gasteiger partial charge on any atom is -0.749 e. The molecule has 1 heterocycles. The fourth-order valence-electron chi connectivity index (χ4n) is 0.482. The number of rotatable bonds is 6. The first-order valence-corrected chi connectivity index (χ1v) is 7.30. The second-order valence-corrected chi connectivity index (χ2v) is 5.88. The Labute approximate surface area is 101 Å². The Hall–Kier alpha value is -0.530. The first kappa shape index (κ1) is 13.5. The summed E-state index contributed by atoms with van der Waals surface area (Å²) in [7, 11) is 0.